The monoisotopic (exact) mass is 555 g/mol. The highest BCUT2D eigenvalue weighted by Crippen LogP contribution is 2.35. The minimum atomic E-state index is -2.80. The molecule has 2 aromatic rings. The summed E-state index contributed by atoms with van der Waals surface area (Å²) in [6.07, 6.45) is 2.71. The maximum atomic E-state index is 13.6. The molecule has 10 nitrogen and oxygen atoms in total. The number of hydrazone groups is 2. The molecule has 1 unspecified atom stereocenters. The molecular formula is C26H27F2N7O3S. The standard InChI is InChI=1S/C26H27F2N7O3S/c1-37-10-9-35-8-7-19(34-35)20-11-16(17-12-21(24(27)28)30-14-22(17)38-2)18(13-29-20)25(36)31-26-33-32-23(39-26)6-5-15-3-4-15/h11-15,24,26,33H,3-4,7-10H2,1-2H3,(H,31,36). The summed E-state index contributed by atoms with van der Waals surface area (Å²) in [6.45, 7) is 1.86. The van der Waals surface area contributed by atoms with Gasteiger partial charge in [-0.05, 0) is 42.7 Å². The van der Waals surface area contributed by atoms with Gasteiger partial charge in [0.05, 0.1) is 43.4 Å². The van der Waals surface area contributed by atoms with Gasteiger partial charge in [-0.25, -0.2) is 8.78 Å². The number of aromatic nitrogens is 2. The van der Waals surface area contributed by atoms with E-state index in [1.807, 2.05) is 5.01 Å². The van der Waals surface area contributed by atoms with Gasteiger partial charge < -0.3 is 14.8 Å². The molecule has 2 aliphatic heterocycles. The molecule has 0 aromatic carbocycles. The predicted octanol–water partition coefficient (Wildman–Crippen LogP) is 3.22. The molecule has 1 saturated carbocycles. The first-order valence-corrected chi connectivity index (χ1v) is 13.3. The highest BCUT2D eigenvalue weighted by molar-refractivity contribution is 8.15. The number of carbonyl (C=O) groups is 1. The van der Waals surface area contributed by atoms with Crippen molar-refractivity contribution in [2.75, 3.05) is 33.9 Å². The summed E-state index contributed by atoms with van der Waals surface area (Å²) >= 11 is 1.29. The molecule has 4 heterocycles. The van der Waals surface area contributed by atoms with Crippen LogP contribution < -0.4 is 15.5 Å². The van der Waals surface area contributed by atoms with Gasteiger partial charge in [-0.3, -0.25) is 25.2 Å². The van der Waals surface area contributed by atoms with E-state index < -0.39 is 23.5 Å². The summed E-state index contributed by atoms with van der Waals surface area (Å²) in [4.78, 5) is 21.8. The van der Waals surface area contributed by atoms with E-state index in [4.69, 9.17) is 9.47 Å². The van der Waals surface area contributed by atoms with Gasteiger partial charge in [0.25, 0.3) is 12.3 Å². The third-order valence-electron chi connectivity index (χ3n) is 6.22. The summed E-state index contributed by atoms with van der Waals surface area (Å²) in [5.41, 5.74) is 3.99. The van der Waals surface area contributed by atoms with Crippen LogP contribution in [0.4, 0.5) is 8.78 Å². The van der Waals surface area contributed by atoms with Gasteiger partial charge in [-0.1, -0.05) is 5.92 Å². The second-order valence-electron chi connectivity index (χ2n) is 9.03. The van der Waals surface area contributed by atoms with Gasteiger partial charge in [0, 0.05) is 43.3 Å². The van der Waals surface area contributed by atoms with Crippen LogP contribution in [0.3, 0.4) is 0 Å². The Morgan fingerprint density at radius 1 is 1.26 bits per heavy atom. The molecule has 204 valence electrons. The van der Waals surface area contributed by atoms with Crippen molar-refractivity contribution in [1.29, 1.82) is 0 Å². The minimum absolute atomic E-state index is 0.179. The average molecular weight is 556 g/mol. The molecule has 1 amide bonds. The summed E-state index contributed by atoms with van der Waals surface area (Å²) in [6, 6.07) is 2.91. The lowest BCUT2D eigenvalue weighted by molar-refractivity contribution is 0.0946. The Hall–Kier alpha value is -3.76. The van der Waals surface area contributed by atoms with E-state index in [1.165, 1.54) is 37.3 Å². The largest absolute Gasteiger partial charge is 0.494 e. The second kappa shape index (κ2) is 12.0. The van der Waals surface area contributed by atoms with Crippen molar-refractivity contribution in [3.05, 3.63) is 41.5 Å². The van der Waals surface area contributed by atoms with Crippen LogP contribution in [0.5, 0.6) is 5.75 Å². The zero-order valence-corrected chi connectivity index (χ0v) is 22.2. The van der Waals surface area contributed by atoms with Gasteiger partial charge in [0.1, 0.15) is 11.4 Å². The van der Waals surface area contributed by atoms with Crippen LogP contribution in [-0.4, -0.2) is 71.1 Å². The summed E-state index contributed by atoms with van der Waals surface area (Å²) in [5, 5.41) is 14.1. The molecule has 39 heavy (non-hydrogen) atoms. The lowest BCUT2D eigenvalue weighted by atomic mass is 9.98. The van der Waals surface area contributed by atoms with Crippen LogP contribution in [-0.2, 0) is 4.74 Å². The molecule has 0 radical (unpaired) electrons. The molecule has 1 fully saturated rings. The van der Waals surface area contributed by atoms with Crippen molar-refractivity contribution in [2.24, 2.45) is 16.1 Å². The van der Waals surface area contributed by atoms with Crippen LogP contribution in [0, 0.1) is 17.8 Å². The van der Waals surface area contributed by atoms with E-state index in [-0.39, 0.29) is 11.3 Å². The fourth-order valence-corrected chi connectivity index (χ4v) is 4.72. The van der Waals surface area contributed by atoms with Crippen LogP contribution in [0.25, 0.3) is 11.1 Å². The number of hydrogen-bond acceptors (Lipinski definition) is 10. The first-order chi connectivity index (χ1) is 18.9. The molecule has 0 spiro atoms. The zero-order chi connectivity index (χ0) is 27.4. The number of ether oxygens (including phenoxy) is 2. The van der Waals surface area contributed by atoms with Gasteiger partial charge in [0.15, 0.2) is 10.5 Å². The molecule has 1 atom stereocenters. The van der Waals surface area contributed by atoms with E-state index >= 15 is 0 Å². The third-order valence-corrected chi connectivity index (χ3v) is 7.10. The zero-order valence-electron chi connectivity index (χ0n) is 21.4. The Morgan fingerprint density at radius 2 is 2.10 bits per heavy atom. The van der Waals surface area contributed by atoms with Crippen molar-refractivity contribution in [3.63, 3.8) is 0 Å². The molecular weight excluding hydrogens is 528 g/mol. The number of amides is 1. The van der Waals surface area contributed by atoms with E-state index in [1.54, 1.807) is 13.2 Å². The molecule has 2 aromatic heterocycles. The number of pyridine rings is 2. The quantitative estimate of drug-likeness (QED) is 0.454. The number of carbonyl (C=O) groups excluding carboxylic acids is 1. The fourth-order valence-electron chi connectivity index (χ4n) is 4.00. The predicted molar refractivity (Wildman–Crippen MR) is 143 cm³/mol. The molecule has 3 aliphatic rings. The van der Waals surface area contributed by atoms with Gasteiger partial charge in [-0.15, -0.1) is 0 Å². The minimum Gasteiger partial charge on any atom is -0.494 e. The Morgan fingerprint density at radius 3 is 2.85 bits per heavy atom. The van der Waals surface area contributed by atoms with Crippen molar-refractivity contribution in [1.82, 2.24) is 25.7 Å². The number of methoxy groups -OCH3 is 2. The third kappa shape index (κ3) is 6.46. The number of hydrogen-bond donors (Lipinski definition) is 2. The van der Waals surface area contributed by atoms with E-state index in [0.717, 1.165) is 18.6 Å². The number of nitrogens with zero attached hydrogens (tertiary/aromatic N) is 5. The molecule has 0 saturated heterocycles. The van der Waals surface area contributed by atoms with Crippen molar-refractivity contribution >= 4 is 28.4 Å². The van der Waals surface area contributed by atoms with Crippen LogP contribution in [0.1, 0.15) is 47.4 Å². The average Bonchev–Trinajstić information content (AvgIpc) is 3.47. The smallest absolute Gasteiger partial charge is 0.280 e. The molecule has 5 rings (SSSR count). The Kier molecular flexibility index (Phi) is 8.23. The first kappa shape index (κ1) is 26.8. The number of nitrogens with one attached hydrogen (secondary N) is 2. The highest BCUT2D eigenvalue weighted by atomic mass is 32.2. The maximum absolute atomic E-state index is 13.6. The summed E-state index contributed by atoms with van der Waals surface area (Å²) in [5.74, 6) is 6.38. The van der Waals surface area contributed by atoms with Crippen molar-refractivity contribution < 1.29 is 23.0 Å². The molecule has 2 N–H and O–H groups in total. The van der Waals surface area contributed by atoms with Crippen LogP contribution >= 0.6 is 11.8 Å². The van der Waals surface area contributed by atoms with Crippen molar-refractivity contribution in [3.8, 4) is 28.7 Å². The van der Waals surface area contributed by atoms with E-state index in [0.29, 0.717) is 53.9 Å². The van der Waals surface area contributed by atoms with Gasteiger partial charge in [-0.2, -0.15) is 10.2 Å². The molecule has 1 aliphatic carbocycles. The second-order valence-corrected chi connectivity index (χ2v) is 10.1. The van der Waals surface area contributed by atoms with Gasteiger partial charge >= 0.3 is 0 Å². The lowest BCUT2D eigenvalue weighted by Crippen LogP contribution is -2.39. The molecule has 13 heteroatoms. The molecule has 0 bridgehead atoms. The van der Waals surface area contributed by atoms with Gasteiger partial charge in [0.2, 0.25) is 0 Å². The topological polar surface area (TPSA) is 113 Å². The van der Waals surface area contributed by atoms with E-state index in [9.17, 15) is 13.6 Å². The normalized spacial score (nSPS) is 18.3. The Labute approximate surface area is 228 Å². The van der Waals surface area contributed by atoms with Crippen LogP contribution in [0.2, 0.25) is 0 Å². The Bertz CT molecular complexity index is 1370. The summed E-state index contributed by atoms with van der Waals surface area (Å²) in [7, 11) is 3.04. The number of halogens is 2. The lowest BCUT2D eigenvalue weighted by Gasteiger charge is -2.17. The maximum Gasteiger partial charge on any atom is 0.280 e. The first-order valence-electron chi connectivity index (χ1n) is 12.4. The number of rotatable bonds is 9. The van der Waals surface area contributed by atoms with E-state index in [2.05, 4.69) is 42.8 Å². The highest BCUT2D eigenvalue weighted by Gasteiger charge is 2.27. The fraction of sp³-hybridized carbons (Fsp3) is 0.423. The number of thioether (sulfide) groups is 1. The Balaban J connectivity index is 1.45. The number of alkyl halides is 2. The van der Waals surface area contributed by atoms with Crippen LogP contribution in [0.15, 0.2) is 34.7 Å². The van der Waals surface area contributed by atoms with Crippen molar-refractivity contribution in [2.45, 2.75) is 31.2 Å². The SMILES string of the molecule is COCCN1CCC(c2cc(-c3cc(C(F)F)ncc3OC)c(C(=O)NC3NN=C(C#CC4CC4)S3)cn2)=N1. The summed E-state index contributed by atoms with van der Waals surface area (Å²) < 4.78 is 37.7.